The molecule has 0 bridgehead atoms. The fraction of sp³-hybridized carbons (Fsp3) is 0.263. The fourth-order valence-corrected chi connectivity index (χ4v) is 2.86. The average molecular weight is 339 g/mol. The van der Waals surface area contributed by atoms with E-state index in [1.807, 2.05) is 24.3 Å². The van der Waals surface area contributed by atoms with Crippen LogP contribution in [0.1, 0.15) is 23.8 Å². The summed E-state index contributed by atoms with van der Waals surface area (Å²) in [6, 6.07) is 14.1. The largest absolute Gasteiger partial charge is 0.486 e. The SMILES string of the molecule is Fc1ccccc1OCc1ccc(-c2noc([C@@H]3CCNC3)n2)cc1. The van der Waals surface area contributed by atoms with Crippen LogP contribution < -0.4 is 10.1 Å². The first-order valence-electron chi connectivity index (χ1n) is 8.30. The Morgan fingerprint density at radius 2 is 2.00 bits per heavy atom. The fourth-order valence-electron chi connectivity index (χ4n) is 2.86. The summed E-state index contributed by atoms with van der Waals surface area (Å²) < 4.78 is 24.4. The first-order chi connectivity index (χ1) is 12.3. The van der Waals surface area contributed by atoms with Gasteiger partial charge in [0.15, 0.2) is 11.6 Å². The van der Waals surface area contributed by atoms with Gasteiger partial charge >= 0.3 is 0 Å². The van der Waals surface area contributed by atoms with Gasteiger partial charge in [-0.15, -0.1) is 0 Å². The molecule has 25 heavy (non-hydrogen) atoms. The maximum Gasteiger partial charge on any atom is 0.231 e. The zero-order valence-corrected chi connectivity index (χ0v) is 13.6. The summed E-state index contributed by atoms with van der Waals surface area (Å²) in [5.74, 6) is 1.46. The molecule has 1 fully saturated rings. The van der Waals surface area contributed by atoms with Crippen molar-refractivity contribution in [3.05, 3.63) is 65.8 Å². The summed E-state index contributed by atoms with van der Waals surface area (Å²) in [4.78, 5) is 4.50. The van der Waals surface area contributed by atoms with Gasteiger partial charge in [-0.2, -0.15) is 4.98 Å². The van der Waals surface area contributed by atoms with E-state index in [2.05, 4.69) is 15.5 Å². The second-order valence-corrected chi connectivity index (χ2v) is 6.06. The van der Waals surface area contributed by atoms with Crippen molar-refractivity contribution >= 4 is 0 Å². The first-order valence-corrected chi connectivity index (χ1v) is 8.30. The third-order valence-electron chi connectivity index (χ3n) is 4.29. The summed E-state index contributed by atoms with van der Waals surface area (Å²) in [6.45, 7) is 2.17. The molecule has 0 aliphatic carbocycles. The van der Waals surface area contributed by atoms with Crippen LogP contribution in [-0.4, -0.2) is 23.2 Å². The van der Waals surface area contributed by atoms with E-state index in [0.29, 0.717) is 24.2 Å². The number of aromatic nitrogens is 2. The second kappa shape index (κ2) is 7.03. The van der Waals surface area contributed by atoms with Crippen LogP contribution in [0.25, 0.3) is 11.4 Å². The van der Waals surface area contributed by atoms with Gasteiger partial charge in [0, 0.05) is 12.1 Å². The molecule has 1 atom stereocenters. The minimum absolute atomic E-state index is 0.250. The predicted molar refractivity (Wildman–Crippen MR) is 90.7 cm³/mol. The van der Waals surface area contributed by atoms with Crippen molar-refractivity contribution in [3.63, 3.8) is 0 Å². The van der Waals surface area contributed by atoms with Gasteiger partial charge in [0.05, 0.1) is 5.92 Å². The number of nitrogens with one attached hydrogen (secondary N) is 1. The highest BCUT2D eigenvalue weighted by Gasteiger charge is 2.22. The van der Waals surface area contributed by atoms with Crippen molar-refractivity contribution in [2.45, 2.75) is 18.9 Å². The molecular weight excluding hydrogens is 321 g/mol. The standard InChI is InChI=1S/C19H18FN3O2/c20-16-3-1-2-4-17(16)24-12-13-5-7-14(8-6-13)18-22-19(25-23-18)15-9-10-21-11-15/h1-8,15,21H,9-12H2/t15-/m1/s1. The van der Waals surface area contributed by atoms with Gasteiger partial charge in [0.25, 0.3) is 0 Å². The number of rotatable bonds is 5. The molecule has 1 saturated heterocycles. The molecule has 0 amide bonds. The van der Waals surface area contributed by atoms with E-state index in [1.165, 1.54) is 6.07 Å². The van der Waals surface area contributed by atoms with Crippen LogP contribution in [0.3, 0.4) is 0 Å². The number of hydrogen-bond donors (Lipinski definition) is 1. The normalized spacial score (nSPS) is 16.9. The number of benzene rings is 2. The molecule has 1 N–H and O–H groups in total. The average Bonchev–Trinajstić information content (AvgIpc) is 3.33. The van der Waals surface area contributed by atoms with E-state index in [4.69, 9.17) is 9.26 Å². The number of ether oxygens (including phenoxy) is 1. The summed E-state index contributed by atoms with van der Waals surface area (Å²) >= 11 is 0. The van der Waals surface area contributed by atoms with E-state index in [1.54, 1.807) is 18.2 Å². The minimum Gasteiger partial charge on any atom is -0.486 e. The summed E-state index contributed by atoms with van der Waals surface area (Å²) in [6.07, 6.45) is 1.02. The monoisotopic (exact) mass is 339 g/mol. The molecule has 0 spiro atoms. The molecule has 0 radical (unpaired) electrons. The summed E-state index contributed by atoms with van der Waals surface area (Å²) in [7, 11) is 0. The van der Waals surface area contributed by atoms with Gasteiger partial charge in [-0.1, -0.05) is 41.6 Å². The number of halogens is 1. The van der Waals surface area contributed by atoms with Gasteiger partial charge in [0.1, 0.15) is 6.61 Å². The zero-order valence-electron chi connectivity index (χ0n) is 13.6. The van der Waals surface area contributed by atoms with Crippen LogP contribution >= 0.6 is 0 Å². The molecule has 4 rings (SSSR count). The van der Waals surface area contributed by atoms with Crippen LogP contribution in [0.15, 0.2) is 53.1 Å². The van der Waals surface area contributed by atoms with Crippen LogP contribution in [-0.2, 0) is 6.61 Å². The Bertz CT molecular complexity index is 842. The molecule has 1 aliphatic heterocycles. The third kappa shape index (κ3) is 3.53. The highest BCUT2D eigenvalue weighted by molar-refractivity contribution is 5.54. The topological polar surface area (TPSA) is 60.2 Å². The first kappa shape index (κ1) is 15.8. The summed E-state index contributed by atoms with van der Waals surface area (Å²) in [5.41, 5.74) is 1.83. The Morgan fingerprint density at radius 3 is 2.76 bits per heavy atom. The Labute approximate surface area is 144 Å². The quantitative estimate of drug-likeness (QED) is 0.770. The Morgan fingerprint density at radius 1 is 1.16 bits per heavy atom. The van der Waals surface area contributed by atoms with Crippen LogP contribution in [0.4, 0.5) is 4.39 Å². The van der Waals surface area contributed by atoms with Gasteiger partial charge in [-0.25, -0.2) is 4.39 Å². The van der Waals surface area contributed by atoms with Crippen molar-refractivity contribution in [2.75, 3.05) is 13.1 Å². The lowest BCUT2D eigenvalue weighted by atomic mass is 10.1. The van der Waals surface area contributed by atoms with Crippen LogP contribution in [0, 0.1) is 5.82 Å². The molecule has 6 heteroatoms. The molecule has 1 aromatic heterocycles. The second-order valence-electron chi connectivity index (χ2n) is 6.06. The number of hydrogen-bond acceptors (Lipinski definition) is 5. The predicted octanol–water partition coefficient (Wildman–Crippen LogP) is 3.53. The molecule has 2 aromatic carbocycles. The van der Waals surface area contributed by atoms with Crippen LogP contribution in [0.2, 0.25) is 0 Å². The summed E-state index contributed by atoms with van der Waals surface area (Å²) in [5, 5.41) is 7.36. The maximum absolute atomic E-state index is 13.6. The van der Waals surface area contributed by atoms with E-state index < -0.39 is 0 Å². The number of para-hydroxylation sites is 1. The van der Waals surface area contributed by atoms with Gasteiger partial charge in [-0.05, 0) is 30.7 Å². The molecule has 5 nitrogen and oxygen atoms in total. The van der Waals surface area contributed by atoms with Gasteiger partial charge in [0.2, 0.25) is 11.7 Å². The van der Waals surface area contributed by atoms with E-state index >= 15 is 0 Å². The molecule has 0 saturated carbocycles. The highest BCUT2D eigenvalue weighted by Crippen LogP contribution is 2.24. The van der Waals surface area contributed by atoms with Gasteiger partial charge < -0.3 is 14.6 Å². The van der Waals surface area contributed by atoms with Crippen molar-refractivity contribution in [3.8, 4) is 17.1 Å². The highest BCUT2D eigenvalue weighted by atomic mass is 19.1. The third-order valence-corrected chi connectivity index (χ3v) is 4.29. The Balaban J connectivity index is 1.42. The lowest BCUT2D eigenvalue weighted by Crippen LogP contribution is -2.08. The number of nitrogens with zero attached hydrogens (tertiary/aromatic N) is 2. The van der Waals surface area contributed by atoms with Crippen molar-refractivity contribution in [2.24, 2.45) is 0 Å². The van der Waals surface area contributed by atoms with Crippen LogP contribution in [0.5, 0.6) is 5.75 Å². The van der Waals surface area contributed by atoms with Crippen molar-refractivity contribution < 1.29 is 13.7 Å². The van der Waals surface area contributed by atoms with Gasteiger partial charge in [-0.3, -0.25) is 0 Å². The molecule has 1 aliphatic rings. The Hall–Kier alpha value is -2.73. The van der Waals surface area contributed by atoms with E-state index in [0.717, 1.165) is 30.6 Å². The lowest BCUT2D eigenvalue weighted by Gasteiger charge is -2.07. The molecule has 128 valence electrons. The Kier molecular flexibility index (Phi) is 4.43. The minimum atomic E-state index is -0.361. The smallest absolute Gasteiger partial charge is 0.231 e. The zero-order chi connectivity index (χ0) is 17.1. The van der Waals surface area contributed by atoms with Crippen molar-refractivity contribution in [1.29, 1.82) is 0 Å². The van der Waals surface area contributed by atoms with Crippen molar-refractivity contribution in [1.82, 2.24) is 15.5 Å². The lowest BCUT2D eigenvalue weighted by molar-refractivity contribution is 0.290. The van der Waals surface area contributed by atoms with E-state index in [9.17, 15) is 4.39 Å². The molecule has 2 heterocycles. The molecule has 0 unspecified atom stereocenters. The van der Waals surface area contributed by atoms with E-state index in [-0.39, 0.29) is 11.6 Å². The molecule has 3 aromatic rings. The maximum atomic E-state index is 13.6. The molecular formula is C19H18FN3O2.